The highest BCUT2D eigenvalue weighted by Gasteiger charge is 2.45. The second-order valence-corrected chi connectivity index (χ2v) is 7.03. The van der Waals surface area contributed by atoms with Crippen LogP contribution in [0.5, 0.6) is 0 Å². The van der Waals surface area contributed by atoms with Gasteiger partial charge in [0.15, 0.2) is 0 Å². The van der Waals surface area contributed by atoms with Gasteiger partial charge in [0.05, 0.1) is 0 Å². The fourth-order valence-electron chi connectivity index (χ4n) is 3.88. The first-order valence-corrected chi connectivity index (χ1v) is 7.59. The van der Waals surface area contributed by atoms with Gasteiger partial charge in [0.2, 0.25) is 0 Å². The van der Waals surface area contributed by atoms with Crippen LogP contribution in [0.25, 0.3) is 0 Å². The van der Waals surface area contributed by atoms with Gasteiger partial charge in [0, 0.05) is 31.2 Å². The van der Waals surface area contributed by atoms with Crippen molar-refractivity contribution in [3.05, 3.63) is 0 Å². The Hall–Kier alpha value is -0.120. The molecule has 2 aliphatic rings. The van der Waals surface area contributed by atoms with Crippen molar-refractivity contribution in [2.24, 2.45) is 5.41 Å². The maximum atomic E-state index is 3.75. The van der Waals surface area contributed by atoms with Crippen LogP contribution >= 0.6 is 0 Å². The van der Waals surface area contributed by atoms with Crippen molar-refractivity contribution in [3.63, 3.8) is 0 Å². The molecule has 1 saturated carbocycles. The van der Waals surface area contributed by atoms with Gasteiger partial charge in [-0.1, -0.05) is 20.8 Å². The molecule has 1 saturated heterocycles. The Morgan fingerprint density at radius 2 is 2.00 bits per heavy atom. The first-order chi connectivity index (χ1) is 8.45. The normalized spacial score (nSPS) is 36.7. The minimum absolute atomic E-state index is 0.455. The van der Waals surface area contributed by atoms with E-state index in [0.29, 0.717) is 11.5 Å². The van der Waals surface area contributed by atoms with E-state index in [2.05, 4.69) is 50.0 Å². The van der Waals surface area contributed by atoms with Gasteiger partial charge in [-0.3, -0.25) is 4.90 Å². The molecule has 2 rings (SSSR count). The molecule has 0 bridgehead atoms. The first-order valence-electron chi connectivity index (χ1n) is 7.59. The van der Waals surface area contributed by atoms with Crippen LogP contribution in [0.2, 0.25) is 0 Å². The van der Waals surface area contributed by atoms with Gasteiger partial charge in [0.1, 0.15) is 0 Å². The quantitative estimate of drug-likeness (QED) is 0.824. The van der Waals surface area contributed by atoms with Gasteiger partial charge < -0.3 is 10.2 Å². The number of nitrogens with zero attached hydrogens (tertiary/aromatic N) is 2. The number of nitrogens with one attached hydrogen (secondary N) is 1. The second-order valence-electron chi connectivity index (χ2n) is 7.03. The third-order valence-corrected chi connectivity index (χ3v) is 5.13. The lowest BCUT2D eigenvalue weighted by molar-refractivity contribution is 0.161. The molecule has 0 spiro atoms. The summed E-state index contributed by atoms with van der Waals surface area (Å²) in [6, 6.07) is 2.18. The zero-order chi connectivity index (χ0) is 13.3. The van der Waals surface area contributed by atoms with Crippen molar-refractivity contribution in [2.75, 3.05) is 33.7 Å². The summed E-state index contributed by atoms with van der Waals surface area (Å²) in [6.45, 7) is 10.7. The maximum Gasteiger partial charge on any atom is 0.0274 e. The Balaban J connectivity index is 2.00. The summed E-state index contributed by atoms with van der Waals surface area (Å²) in [6.07, 6.45) is 4.06. The van der Waals surface area contributed by atoms with Gasteiger partial charge in [0.25, 0.3) is 0 Å². The smallest absolute Gasteiger partial charge is 0.0274 e. The van der Waals surface area contributed by atoms with E-state index in [1.807, 2.05) is 0 Å². The first kappa shape index (κ1) is 14.3. The van der Waals surface area contributed by atoms with Crippen LogP contribution in [0.3, 0.4) is 0 Å². The van der Waals surface area contributed by atoms with Crippen molar-refractivity contribution < 1.29 is 0 Å². The molecule has 3 nitrogen and oxygen atoms in total. The minimum Gasteiger partial charge on any atom is -0.312 e. The molecule has 18 heavy (non-hydrogen) atoms. The zero-order valence-electron chi connectivity index (χ0n) is 12.9. The van der Waals surface area contributed by atoms with Crippen LogP contribution in [0.15, 0.2) is 0 Å². The number of likely N-dealkylation sites (N-methyl/N-ethyl adjacent to an activating group) is 2. The van der Waals surface area contributed by atoms with Crippen LogP contribution in [0.1, 0.15) is 40.0 Å². The van der Waals surface area contributed by atoms with E-state index in [4.69, 9.17) is 0 Å². The highest BCUT2D eigenvalue weighted by atomic mass is 15.3. The lowest BCUT2D eigenvalue weighted by Crippen LogP contribution is -2.51. The Kier molecular flexibility index (Phi) is 4.35. The SMILES string of the molecule is CCNC1C(N2CCC(N(C)C)C2)CCC1(C)C. The lowest BCUT2D eigenvalue weighted by atomic mass is 9.86. The molecule has 3 atom stereocenters. The fourth-order valence-corrected chi connectivity index (χ4v) is 3.88. The molecule has 3 unspecified atom stereocenters. The molecule has 0 aromatic carbocycles. The highest BCUT2D eigenvalue weighted by molar-refractivity contribution is 5.02. The molecule has 0 aromatic rings. The molecule has 0 amide bonds. The van der Waals surface area contributed by atoms with Crippen LogP contribution in [0, 0.1) is 5.41 Å². The van der Waals surface area contributed by atoms with Crippen molar-refractivity contribution in [1.82, 2.24) is 15.1 Å². The average Bonchev–Trinajstić information content (AvgIpc) is 2.86. The Bertz CT molecular complexity index is 275. The van der Waals surface area contributed by atoms with Crippen LogP contribution in [-0.2, 0) is 0 Å². The summed E-state index contributed by atoms with van der Waals surface area (Å²) in [5.74, 6) is 0. The molecule has 1 heterocycles. The average molecular weight is 253 g/mol. The highest BCUT2D eigenvalue weighted by Crippen LogP contribution is 2.40. The summed E-state index contributed by atoms with van der Waals surface area (Å²) < 4.78 is 0. The van der Waals surface area contributed by atoms with Gasteiger partial charge >= 0.3 is 0 Å². The Morgan fingerprint density at radius 1 is 1.28 bits per heavy atom. The molecule has 3 heteroatoms. The van der Waals surface area contributed by atoms with Crippen LogP contribution in [-0.4, -0.2) is 61.7 Å². The Morgan fingerprint density at radius 3 is 2.56 bits per heavy atom. The molecule has 1 aliphatic carbocycles. The molecule has 0 radical (unpaired) electrons. The molecule has 1 N–H and O–H groups in total. The van der Waals surface area contributed by atoms with Crippen molar-refractivity contribution in [3.8, 4) is 0 Å². The summed E-state index contributed by atoms with van der Waals surface area (Å²) in [7, 11) is 4.43. The zero-order valence-corrected chi connectivity index (χ0v) is 12.9. The molecular formula is C15H31N3. The molecule has 106 valence electrons. The van der Waals surface area contributed by atoms with E-state index in [0.717, 1.165) is 18.6 Å². The molecular weight excluding hydrogens is 222 g/mol. The molecule has 0 aromatic heterocycles. The monoisotopic (exact) mass is 253 g/mol. The standard InChI is InChI=1S/C15H31N3/c1-6-16-14-13(7-9-15(14,2)3)18-10-8-12(11-18)17(4)5/h12-14,16H,6-11H2,1-5H3. The fraction of sp³-hybridized carbons (Fsp3) is 1.00. The number of likely N-dealkylation sites (tertiary alicyclic amines) is 1. The Labute approximate surface area is 113 Å². The largest absolute Gasteiger partial charge is 0.312 e. The van der Waals surface area contributed by atoms with Gasteiger partial charge in [-0.05, 0) is 45.3 Å². The summed E-state index contributed by atoms with van der Waals surface area (Å²) in [5, 5.41) is 3.75. The molecule has 2 fully saturated rings. The van der Waals surface area contributed by atoms with Crippen molar-refractivity contribution in [1.29, 1.82) is 0 Å². The summed E-state index contributed by atoms with van der Waals surface area (Å²) in [5.41, 5.74) is 0.455. The summed E-state index contributed by atoms with van der Waals surface area (Å²) >= 11 is 0. The number of rotatable bonds is 4. The van der Waals surface area contributed by atoms with Gasteiger partial charge in [-0.25, -0.2) is 0 Å². The van der Waals surface area contributed by atoms with E-state index in [-0.39, 0.29) is 0 Å². The summed E-state index contributed by atoms with van der Waals surface area (Å²) in [4.78, 5) is 5.13. The van der Waals surface area contributed by atoms with Gasteiger partial charge in [-0.15, -0.1) is 0 Å². The van der Waals surface area contributed by atoms with E-state index in [1.54, 1.807) is 0 Å². The molecule has 1 aliphatic heterocycles. The van der Waals surface area contributed by atoms with E-state index in [9.17, 15) is 0 Å². The van der Waals surface area contributed by atoms with Crippen molar-refractivity contribution in [2.45, 2.75) is 58.2 Å². The lowest BCUT2D eigenvalue weighted by Gasteiger charge is -2.36. The minimum atomic E-state index is 0.455. The van der Waals surface area contributed by atoms with Crippen LogP contribution < -0.4 is 5.32 Å². The third-order valence-electron chi connectivity index (χ3n) is 5.13. The maximum absolute atomic E-state index is 3.75. The van der Waals surface area contributed by atoms with Crippen LogP contribution in [0.4, 0.5) is 0 Å². The number of hydrogen-bond acceptors (Lipinski definition) is 3. The third kappa shape index (κ3) is 2.73. The predicted molar refractivity (Wildman–Crippen MR) is 77.9 cm³/mol. The number of hydrogen-bond donors (Lipinski definition) is 1. The van der Waals surface area contributed by atoms with Crippen molar-refractivity contribution >= 4 is 0 Å². The van der Waals surface area contributed by atoms with E-state index < -0.39 is 0 Å². The van der Waals surface area contributed by atoms with Gasteiger partial charge in [-0.2, -0.15) is 0 Å². The predicted octanol–water partition coefficient (Wildman–Crippen LogP) is 1.79. The topological polar surface area (TPSA) is 18.5 Å². The second kappa shape index (κ2) is 5.48. The van der Waals surface area contributed by atoms with E-state index in [1.165, 1.54) is 32.4 Å². The van der Waals surface area contributed by atoms with E-state index >= 15 is 0 Å².